The average molecular weight is 1850 g/mol. The van der Waals surface area contributed by atoms with Crippen LogP contribution in [0, 0.1) is 11.8 Å². The number of aryl methyl sites for hydroxylation is 1. The molecule has 5 aliphatic rings. The van der Waals surface area contributed by atoms with Crippen molar-refractivity contribution < 1.29 is 33.9 Å². The molecule has 137 heavy (non-hydrogen) atoms. The minimum atomic E-state index is -0.422. The van der Waals surface area contributed by atoms with Gasteiger partial charge >= 0.3 is 0 Å². The van der Waals surface area contributed by atoms with Crippen LogP contribution in [0.1, 0.15) is 193 Å². The quantitative estimate of drug-likeness (QED) is 0.0228. The Balaban J connectivity index is 0.000000147. The summed E-state index contributed by atoms with van der Waals surface area (Å²) in [4.78, 5) is 166. The van der Waals surface area contributed by atoms with Crippen molar-refractivity contribution in [1.29, 1.82) is 0 Å². The van der Waals surface area contributed by atoms with Crippen molar-refractivity contribution in [2.24, 2.45) is 11.8 Å². The number of nitrogens with one attached hydrogen (secondary N) is 10. The van der Waals surface area contributed by atoms with Crippen LogP contribution in [0.25, 0.3) is 45.0 Å². The van der Waals surface area contributed by atoms with Gasteiger partial charge in [-0.05, 0) is 298 Å². The number of amides is 6. The number of likely N-dealkylation sites (tertiary alicyclic amines) is 1. The van der Waals surface area contributed by atoms with E-state index in [0.717, 1.165) is 124 Å². The van der Waals surface area contributed by atoms with E-state index in [1.54, 1.807) is 117 Å². The van der Waals surface area contributed by atoms with Crippen molar-refractivity contribution in [3.8, 4) is 45.0 Å². The second-order valence-corrected chi connectivity index (χ2v) is 35.5. The van der Waals surface area contributed by atoms with Crippen molar-refractivity contribution in [3.05, 3.63) is 305 Å². The summed E-state index contributed by atoms with van der Waals surface area (Å²) in [6.07, 6.45) is 26.7. The predicted octanol–water partition coefficient (Wildman–Crippen LogP) is 15.9. The maximum atomic E-state index is 12.9. The van der Waals surface area contributed by atoms with Crippen LogP contribution in [0.5, 0.6) is 0 Å². The van der Waals surface area contributed by atoms with Gasteiger partial charge in [-0.25, -0.2) is 4.98 Å². The number of aliphatic hydroxyl groups excluding tert-OH is 1. The predicted molar refractivity (Wildman–Crippen MR) is 542 cm³/mol. The summed E-state index contributed by atoms with van der Waals surface area (Å²) in [5.41, 5.74) is 13.3. The van der Waals surface area contributed by atoms with Crippen molar-refractivity contribution in [1.82, 2.24) is 55.4 Å². The first-order valence-electron chi connectivity index (χ1n) is 47.8. The smallest absolute Gasteiger partial charge is 0.271 e. The van der Waals surface area contributed by atoms with E-state index in [2.05, 4.69) is 113 Å². The molecule has 30 heteroatoms. The number of aromatic amines is 4. The number of H-pyrrole nitrogens is 4. The summed E-state index contributed by atoms with van der Waals surface area (Å²) in [7, 11) is 3.18. The number of aromatic nitrogens is 8. The Hall–Kier alpha value is -14.8. The number of carbonyl (C=O) groups excluding carboxylic acids is 6. The van der Waals surface area contributed by atoms with Crippen molar-refractivity contribution in [2.75, 3.05) is 120 Å². The molecule has 5 saturated heterocycles. The fraction of sp³-hybridized carbons (Fsp3) is 0.346. The molecule has 0 radical (unpaired) electrons. The number of hydrogen-bond donors (Lipinski definition) is 11. The van der Waals surface area contributed by atoms with Crippen molar-refractivity contribution in [2.45, 2.75) is 149 Å². The van der Waals surface area contributed by atoms with Gasteiger partial charge in [0.15, 0.2) is 0 Å². The molecule has 4 aromatic carbocycles. The third kappa shape index (κ3) is 27.1. The Morgan fingerprint density at radius 1 is 0.380 bits per heavy atom. The molecule has 6 amide bonds. The first-order chi connectivity index (χ1) is 66.6. The van der Waals surface area contributed by atoms with Gasteiger partial charge in [0, 0.05) is 188 Å². The molecular formula is C107H123N19O11. The highest BCUT2D eigenvalue weighted by Gasteiger charge is 2.26. The maximum Gasteiger partial charge on any atom is 0.271 e. The number of piperidine rings is 4. The molecular weight excluding hydrogens is 1730 g/mol. The Kier molecular flexibility index (Phi) is 34.7. The van der Waals surface area contributed by atoms with E-state index < -0.39 is 11.1 Å². The Morgan fingerprint density at radius 3 is 1.03 bits per heavy atom. The van der Waals surface area contributed by atoms with Gasteiger partial charge in [-0.2, -0.15) is 0 Å². The molecule has 1 unspecified atom stereocenters. The molecule has 0 spiro atoms. The zero-order valence-electron chi connectivity index (χ0n) is 78.6. The Labute approximate surface area is 797 Å². The second-order valence-electron chi connectivity index (χ2n) is 35.5. The molecule has 17 rings (SSSR count). The van der Waals surface area contributed by atoms with Gasteiger partial charge in [-0.15, -0.1) is 0 Å². The van der Waals surface area contributed by atoms with Crippen LogP contribution in [-0.2, 0) is 24.2 Å². The number of hydrogen-bond acceptors (Lipinski definition) is 20. The standard InChI is InChI=1S/C30H37N5O3.C30H37N5O2.C24H25N5O3.C23H24N4O3/c1-20(2)16-22(28(36)31-3)17-24-8-7-9-26(33-24)23-18-27(30(38)32-19-23)34-29(37)21-10-12-25(13-11-21)35-14-5-4-6-15-35;1-2-34-19-7-9-25(34)16-13-24-8-6-10-27(32-24)23-20-28(30(37)31-21-23)33-29(36)22-11-14-26(15-12-22)35-17-4-3-5-18-35;1-25-23(31)20-7-5-6-19(27-20)17-14-21(24(32)26-15-17)28-22(30)16-8-10-18(11-9-16)29-12-3-2-4-13-29;28-15-18-5-4-6-20(25-18)17-13-21(23(30)24-14-17)26-22(29)16-7-9-19(10-8-16)27-11-2-1-3-12-27/h7-13,18-20,22H,4-6,14-17H2,1-3H3,(H,31,36)(H,32,38)(H,34,37);6,8,10-12,14-15,20-21,25H,2-5,7,9,13,16-19H2,1H3,(H,31,37)(H,33,36);5-11,14-15H,2-4,12-13H2,1H3,(H,25,31)(H,26,32)(H,28,30);4-10,13-14,28H,1-3,11-12,15H2,(H,24,30)(H,26,29)/t22-;;;/m0.../s1. The van der Waals surface area contributed by atoms with Gasteiger partial charge in [-0.1, -0.05) is 45.0 Å². The maximum absolute atomic E-state index is 12.9. The van der Waals surface area contributed by atoms with Crippen LogP contribution in [0.15, 0.2) is 238 Å². The lowest BCUT2D eigenvalue weighted by atomic mass is 9.92. The second kappa shape index (κ2) is 48.4. The molecule has 2 atom stereocenters. The third-order valence-electron chi connectivity index (χ3n) is 25.5. The van der Waals surface area contributed by atoms with Gasteiger partial charge in [0.1, 0.15) is 28.4 Å². The lowest BCUT2D eigenvalue weighted by Gasteiger charge is -2.28. The number of rotatable bonds is 27. The molecule has 712 valence electrons. The first-order valence-corrected chi connectivity index (χ1v) is 47.8. The van der Waals surface area contributed by atoms with E-state index >= 15 is 0 Å². The molecule has 0 bridgehead atoms. The number of benzene rings is 4. The summed E-state index contributed by atoms with van der Waals surface area (Å²) >= 11 is 0. The third-order valence-corrected chi connectivity index (χ3v) is 25.5. The largest absolute Gasteiger partial charge is 0.390 e. The van der Waals surface area contributed by atoms with Gasteiger partial charge in [0.25, 0.3) is 51.8 Å². The minimum Gasteiger partial charge on any atom is -0.390 e. The van der Waals surface area contributed by atoms with Gasteiger partial charge < -0.3 is 81.4 Å². The van der Waals surface area contributed by atoms with Crippen molar-refractivity contribution >= 4 is 80.9 Å². The van der Waals surface area contributed by atoms with E-state index in [9.17, 15) is 53.1 Å². The SMILES string of the molecule is CCN1CCCC1CCc1cccc(-c2c[nH]c(=O)c(NC(=O)c3ccc(N4CCCCC4)cc3)c2)n1.CNC(=O)[C@H](Cc1cccc(-c2c[nH]c(=O)c(NC(=O)c3ccc(N4CCCCC4)cc3)c2)n1)CC(C)C.CNC(=O)c1cccc(-c2c[nH]c(=O)c(NC(=O)c3ccc(N4CCCCC4)cc3)c2)n1.O=C(Nc1cc(-c2cccc(CO)n2)c[nH]c1=O)c1ccc(N2CCCCC2)cc1. The van der Waals surface area contributed by atoms with Crippen molar-refractivity contribution in [3.63, 3.8) is 0 Å². The molecule has 30 nitrogen and oxygen atoms in total. The highest BCUT2D eigenvalue weighted by atomic mass is 16.3. The van der Waals surface area contributed by atoms with E-state index in [-0.39, 0.29) is 87.5 Å². The zero-order chi connectivity index (χ0) is 96.1. The molecule has 5 aliphatic heterocycles. The van der Waals surface area contributed by atoms with E-state index in [1.807, 2.05) is 91.0 Å². The van der Waals surface area contributed by atoms with Crippen LogP contribution in [0.2, 0.25) is 0 Å². The lowest BCUT2D eigenvalue weighted by molar-refractivity contribution is -0.125. The number of anilines is 8. The summed E-state index contributed by atoms with van der Waals surface area (Å²) in [5, 5.41) is 25.5. The monoisotopic (exact) mass is 1850 g/mol. The van der Waals surface area contributed by atoms with Crippen LogP contribution < -0.4 is 73.7 Å². The normalized spacial score (nSPS) is 15.0. The Bertz CT molecular complexity index is 6380. The van der Waals surface area contributed by atoms with Gasteiger partial charge in [0.05, 0.1) is 35.1 Å². The highest BCUT2D eigenvalue weighted by Crippen LogP contribution is 2.31. The summed E-state index contributed by atoms with van der Waals surface area (Å²) < 4.78 is 0. The minimum absolute atomic E-state index is 0.00361. The summed E-state index contributed by atoms with van der Waals surface area (Å²) in [6.45, 7) is 16.9. The molecule has 11 N–H and O–H groups in total. The van der Waals surface area contributed by atoms with E-state index in [4.69, 9.17) is 9.97 Å². The van der Waals surface area contributed by atoms with Crippen LogP contribution in [0.3, 0.4) is 0 Å². The molecule has 0 aliphatic carbocycles. The number of pyridine rings is 8. The zero-order valence-corrected chi connectivity index (χ0v) is 78.6. The molecule has 12 aromatic rings. The molecule has 8 aromatic heterocycles. The fourth-order valence-corrected chi connectivity index (χ4v) is 18.0. The van der Waals surface area contributed by atoms with Crippen LogP contribution in [0.4, 0.5) is 45.5 Å². The molecule has 5 fully saturated rings. The van der Waals surface area contributed by atoms with Gasteiger partial charge in [0.2, 0.25) is 5.91 Å². The number of aliphatic hydroxyl groups is 1. The molecule has 13 heterocycles. The topological polar surface area (TPSA) is 394 Å². The fourth-order valence-electron chi connectivity index (χ4n) is 18.0. The van der Waals surface area contributed by atoms with Crippen LogP contribution in [-0.4, -0.2) is 171 Å². The van der Waals surface area contributed by atoms with E-state index in [0.29, 0.717) is 80.1 Å². The van der Waals surface area contributed by atoms with Gasteiger partial charge in [-0.3, -0.25) is 62.9 Å². The van der Waals surface area contributed by atoms with Crippen LogP contribution >= 0.6 is 0 Å². The van der Waals surface area contributed by atoms with E-state index in [1.165, 1.54) is 116 Å². The average Bonchev–Trinajstić information content (AvgIpc) is 1.08. The summed E-state index contributed by atoms with van der Waals surface area (Å²) in [5.74, 6) is -1.46. The molecule has 0 saturated carbocycles. The lowest BCUT2D eigenvalue weighted by Crippen LogP contribution is -2.30. The summed E-state index contributed by atoms with van der Waals surface area (Å²) in [6, 6.07) is 59.1. The first kappa shape index (κ1) is 98.2. The highest BCUT2D eigenvalue weighted by molar-refractivity contribution is 6.07. The Morgan fingerprint density at radius 2 is 0.701 bits per heavy atom. The number of carbonyl (C=O) groups is 6. The number of nitrogens with zero attached hydrogens (tertiary/aromatic N) is 9.